The second-order valence-corrected chi connectivity index (χ2v) is 8.03. The van der Waals surface area contributed by atoms with Crippen molar-refractivity contribution < 1.29 is 14.3 Å². The molecule has 2 aliphatic heterocycles. The summed E-state index contributed by atoms with van der Waals surface area (Å²) in [6.07, 6.45) is 2.66. The molecule has 0 aliphatic carbocycles. The van der Waals surface area contributed by atoms with Crippen LogP contribution < -0.4 is 0 Å². The largest absolute Gasteiger partial charge is 0.396 e. The molecule has 1 aromatic carbocycles. The van der Waals surface area contributed by atoms with E-state index < -0.39 is 0 Å². The van der Waals surface area contributed by atoms with Crippen LogP contribution in [0, 0.1) is 18.7 Å². The molecule has 5 nitrogen and oxygen atoms in total. The van der Waals surface area contributed by atoms with Gasteiger partial charge in [0.25, 0.3) is 5.91 Å². The average molecular weight is 378 g/mol. The fourth-order valence-electron chi connectivity index (χ4n) is 4.51. The molecule has 2 heterocycles. The molecule has 3 rings (SSSR count). The van der Waals surface area contributed by atoms with E-state index in [1.807, 2.05) is 4.90 Å². The van der Waals surface area contributed by atoms with E-state index in [4.69, 9.17) is 0 Å². The minimum absolute atomic E-state index is 0.00155. The van der Waals surface area contributed by atoms with Gasteiger partial charge in [0.2, 0.25) is 0 Å². The molecule has 2 aliphatic rings. The van der Waals surface area contributed by atoms with Gasteiger partial charge in [0, 0.05) is 57.5 Å². The van der Waals surface area contributed by atoms with E-state index in [1.165, 1.54) is 12.1 Å². The van der Waals surface area contributed by atoms with Crippen LogP contribution in [0.1, 0.15) is 35.2 Å². The van der Waals surface area contributed by atoms with E-state index in [2.05, 4.69) is 16.8 Å². The summed E-state index contributed by atoms with van der Waals surface area (Å²) in [5.74, 6) is 0.0657. The van der Waals surface area contributed by atoms with Gasteiger partial charge in [-0.3, -0.25) is 9.69 Å². The molecule has 2 saturated heterocycles. The van der Waals surface area contributed by atoms with E-state index in [1.54, 1.807) is 13.0 Å². The zero-order chi connectivity index (χ0) is 19.4. The number of likely N-dealkylation sites (N-methyl/N-ethyl adjacent to an activating group) is 1. The van der Waals surface area contributed by atoms with Gasteiger partial charge in [-0.15, -0.1) is 0 Å². The maximum atomic E-state index is 13.4. The van der Waals surface area contributed by atoms with Crippen molar-refractivity contribution in [3.8, 4) is 0 Å². The number of carbonyl (C=O) groups is 1. The van der Waals surface area contributed by atoms with Crippen molar-refractivity contribution in [3.05, 3.63) is 35.1 Å². The number of aryl methyl sites for hydroxylation is 1. The fourth-order valence-corrected chi connectivity index (χ4v) is 4.51. The maximum Gasteiger partial charge on any atom is 0.254 e. The van der Waals surface area contributed by atoms with Gasteiger partial charge >= 0.3 is 0 Å². The molecule has 2 fully saturated rings. The van der Waals surface area contributed by atoms with Crippen LogP contribution in [-0.2, 0) is 0 Å². The number of rotatable bonds is 5. The molecule has 0 aromatic heterocycles. The first-order chi connectivity index (χ1) is 13.0. The summed E-state index contributed by atoms with van der Waals surface area (Å²) >= 11 is 0. The van der Waals surface area contributed by atoms with E-state index in [0.717, 1.165) is 52.0 Å². The summed E-state index contributed by atoms with van der Waals surface area (Å²) in [4.78, 5) is 19.9. The highest BCUT2D eigenvalue weighted by Gasteiger charge is 2.35. The lowest BCUT2D eigenvalue weighted by molar-refractivity contribution is 0.0217. The molecule has 1 aromatic rings. The van der Waals surface area contributed by atoms with Gasteiger partial charge in [-0.25, -0.2) is 4.39 Å². The predicted octanol–water partition coefficient (Wildman–Crippen LogP) is 1.98. The van der Waals surface area contributed by atoms with E-state index in [0.29, 0.717) is 29.6 Å². The molecule has 2 atom stereocenters. The number of aliphatic hydroxyl groups excluding tert-OH is 1. The van der Waals surface area contributed by atoms with Crippen LogP contribution in [0.5, 0.6) is 0 Å². The number of likely N-dealkylation sites (tertiary alicyclic amines) is 1. The van der Waals surface area contributed by atoms with Crippen molar-refractivity contribution in [3.63, 3.8) is 0 Å². The number of amides is 1. The molecule has 0 unspecified atom stereocenters. The van der Waals surface area contributed by atoms with Crippen molar-refractivity contribution >= 4 is 5.91 Å². The fraction of sp³-hybridized carbons (Fsp3) is 0.667. The number of aliphatic hydroxyl groups is 1. The number of benzene rings is 1. The molecule has 150 valence electrons. The molecule has 0 spiro atoms. The van der Waals surface area contributed by atoms with Crippen LogP contribution in [0.15, 0.2) is 18.2 Å². The smallest absolute Gasteiger partial charge is 0.254 e. The quantitative estimate of drug-likeness (QED) is 0.853. The maximum absolute atomic E-state index is 13.4. The molecule has 0 saturated carbocycles. The molecular formula is C21H32FN3O2. The average Bonchev–Trinajstić information content (AvgIpc) is 2.66. The number of carbonyl (C=O) groups excluding carboxylic acids is 1. The van der Waals surface area contributed by atoms with Gasteiger partial charge < -0.3 is 14.9 Å². The third-order valence-electron chi connectivity index (χ3n) is 6.14. The molecule has 1 N–H and O–H groups in total. The zero-order valence-electron chi connectivity index (χ0n) is 16.5. The Bertz CT molecular complexity index is 646. The van der Waals surface area contributed by atoms with Crippen LogP contribution in [0.4, 0.5) is 4.39 Å². The highest BCUT2D eigenvalue weighted by molar-refractivity contribution is 5.95. The molecule has 0 bridgehead atoms. The molecule has 1 amide bonds. The zero-order valence-corrected chi connectivity index (χ0v) is 16.5. The van der Waals surface area contributed by atoms with Crippen LogP contribution in [-0.4, -0.2) is 84.7 Å². The van der Waals surface area contributed by atoms with E-state index in [9.17, 15) is 14.3 Å². The minimum atomic E-state index is -0.307. The third-order valence-corrected chi connectivity index (χ3v) is 6.14. The summed E-state index contributed by atoms with van der Waals surface area (Å²) in [5.41, 5.74) is 1.28. The standard InChI is InChI=1S/C21H32FN3O2/c1-16-14-18(22)5-6-19(16)21(27)25-8-7-20(17(15-25)4-3-13-26)24-11-9-23(2)10-12-24/h5-6,14,17,20,26H,3-4,7-13,15H2,1-2H3/t17-,20+/m0/s1. The lowest BCUT2D eigenvalue weighted by Crippen LogP contribution is -2.57. The Morgan fingerprint density at radius 1 is 1.22 bits per heavy atom. The summed E-state index contributed by atoms with van der Waals surface area (Å²) in [6.45, 7) is 7.74. The Morgan fingerprint density at radius 3 is 2.63 bits per heavy atom. The number of nitrogens with zero attached hydrogens (tertiary/aromatic N) is 3. The monoisotopic (exact) mass is 377 g/mol. The Labute approximate surface area is 161 Å². The van der Waals surface area contributed by atoms with Crippen LogP contribution in [0.25, 0.3) is 0 Å². The number of hydrogen-bond acceptors (Lipinski definition) is 4. The van der Waals surface area contributed by atoms with Gasteiger partial charge in [-0.05, 0) is 62.9 Å². The first kappa shape index (κ1) is 20.2. The van der Waals surface area contributed by atoms with Crippen LogP contribution in [0.3, 0.4) is 0 Å². The topological polar surface area (TPSA) is 47.0 Å². The molecule has 6 heteroatoms. The highest BCUT2D eigenvalue weighted by Crippen LogP contribution is 2.28. The summed E-state index contributed by atoms with van der Waals surface area (Å²) in [7, 11) is 2.16. The Kier molecular flexibility index (Phi) is 6.84. The van der Waals surface area contributed by atoms with E-state index in [-0.39, 0.29) is 18.3 Å². The van der Waals surface area contributed by atoms with Crippen LogP contribution in [0.2, 0.25) is 0 Å². The van der Waals surface area contributed by atoms with Crippen molar-refractivity contribution in [1.29, 1.82) is 0 Å². The summed E-state index contributed by atoms with van der Waals surface area (Å²) in [5, 5.41) is 9.31. The Balaban J connectivity index is 1.70. The normalized spacial score (nSPS) is 25.0. The Morgan fingerprint density at radius 2 is 1.96 bits per heavy atom. The van der Waals surface area contributed by atoms with Crippen LogP contribution >= 0.6 is 0 Å². The third kappa shape index (κ3) is 4.86. The van der Waals surface area contributed by atoms with E-state index >= 15 is 0 Å². The first-order valence-electron chi connectivity index (χ1n) is 10.1. The first-order valence-corrected chi connectivity index (χ1v) is 10.1. The van der Waals surface area contributed by atoms with Crippen molar-refractivity contribution in [2.45, 2.75) is 32.2 Å². The molecule has 27 heavy (non-hydrogen) atoms. The second-order valence-electron chi connectivity index (χ2n) is 8.03. The predicted molar refractivity (Wildman–Crippen MR) is 104 cm³/mol. The second kappa shape index (κ2) is 9.13. The van der Waals surface area contributed by atoms with Crippen molar-refractivity contribution in [2.24, 2.45) is 5.92 Å². The molecular weight excluding hydrogens is 345 g/mol. The lowest BCUT2D eigenvalue weighted by atomic mass is 9.86. The van der Waals surface area contributed by atoms with Gasteiger partial charge in [0.15, 0.2) is 0 Å². The summed E-state index contributed by atoms with van der Waals surface area (Å²) < 4.78 is 13.4. The van der Waals surface area contributed by atoms with Crippen molar-refractivity contribution in [2.75, 3.05) is 52.9 Å². The lowest BCUT2D eigenvalue weighted by Gasteiger charge is -2.46. The summed E-state index contributed by atoms with van der Waals surface area (Å²) in [6, 6.07) is 4.86. The molecule has 0 radical (unpaired) electrons. The SMILES string of the molecule is Cc1cc(F)ccc1C(=O)N1CC[C@@H](N2CCN(C)CC2)[C@@H](CCCO)C1. The number of hydrogen-bond donors (Lipinski definition) is 1. The number of piperidine rings is 1. The van der Waals surface area contributed by atoms with Gasteiger partial charge in [-0.1, -0.05) is 0 Å². The Hall–Kier alpha value is -1.50. The van der Waals surface area contributed by atoms with Crippen molar-refractivity contribution in [1.82, 2.24) is 14.7 Å². The minimum Gasteiger partial charge on any atom is -0.396 e. The number of piperazine rings is 1. The van der Waals surface area contributed by atoms with Gasteiger partial charge in [0.1, 0.15) is 5.82 Å². The van der Waals surface area contributed by atoms with Gasteiger partial charge in [0.05, 0.1) is 0 Å². The van der Waals surface area contributed by atoms with Gasteiger partial charge in [-0.2, -0.15) is 0 Å². The highest BCUT2D eigenvalue weighted by atomic mass is 19.1. The number of halogens is 1.